The minimum Gasteiger partial charge on any atom is -0.415 e. The van der Waals surface area contributed by atoms with E-state index in [1.165, 1.54) is 36.7 Å². The van der Waals surface area contributed by atoms with Crippen molar-refractivity contribution in [1.82, 2.24) is 20.2 Å². The summed E-state index contributed by atoms with van der Waals surface area (Å²) in [5.74, 6) is -1.64. The highest BCUT2D eigenvalue weighted by Crippen LogP contribution is 2.24. The van der Waals surface area contributed by atoms with Crippen LogP contribution in [0.3, 0.4) is 0 Å². The van der Waals surface area contributed by atoms with E-state index in [0.717, 1.165) is 6.26 Å². The van der Waals surface area contributed by atoms with Gasteiger partial charge in [-0.15, -0.1) is 10.2 Å². The Morgan fingerprint density at radius 3 is 2.29 bits per heavy atom. The fourth-order valence-electron chi connectivity index (χ4n) is 2.33. The first-order valence-electron chi connectivity index (χ1n) is 7.85. The summed E-state index contributed by atoms with van der Waals surface area (Å²) in [6, 6.07) is 4.61. The largest absolute Gasteiger partial charge is 0.415 e. The fourth-order valence-corrected chi connectivity index (χ4v) is 3.21. The van der Waals surface area contributed by atoms with Crippen LogP contribution < -0.4 is 5.32 Å². The van der Waals surface area contributed by atoms with E-state index >= 15 is 0 Å². The summed E-state index contributed by atoms with van der Waals surface area (Å²) >= 11 is 0. The molecule has 3 rings (SSSR count). The molecule has 0 bridgehead atoms. The molecule has 0 amide bonds. The van der Waals surface area contributed by atoms with E-state index in [9.17, 15) is 21.6 Å². The van der Waals surface area contributed by atoms with Gasteiger partial charge >= 0.3 is 6.43 Å². The van der Waals surface area contributed by atoms with Crippen LogP contribution in [0.1, 0.15) is 23.9 Å². The molecule has 2 heterocycles. The van der Waals surface area contributed by atoms with Crippen molar-refractivity contribution >= 4 is 15.8 Å². The first-order valence-corrected chi connectivity index (χ1v) is 9.91. The molecule has 148 valence electrons. The lowest BCUT2D eigenvalue weighted by Crippen LogP contribution is -2.21. The van der Waals surface area contributed by atoms with Crippen LogP contribution in [0.15, 0.2) is 41.1 Å². The Bertz CT molecular complexity index is 1040. The van der Waals surface area contributed by atoms with Crippen LogP contribution in [0.2, 0.25) is 0 Å². The quantitative estimate of drug-likeness (QED) is 0.630. The van der Waals surface area contributed by atoms with Crippen LogP contribution in [0.4, 0.5) is 19.1 Å². The Kier molecular flexibility index (Phi) is 5.58. The van der Waals surface area contributed by atoms with Crippen molar-refractivity contribution < 1.29 is 26.0 Å². The fraction of sp³-hybridized carbons (Fsp3) is 0.250. The van der Waals surface area contributed by atoms with Crippen LogP contribution in [-0.4, -0.2) is 40.6 Å². The number of benzene rings is 1. The molecule has 1 N–H and O–H groups in total. The van der Waals surface area contributed by atoms with Crippen molar-refractivity contribution in [2.45, 2.75) is 12.5 Å². The van der Waals surface area contributed by atoms with Gasteiger partial charge in [0.25, 0.3) is 11.8 Å². The third kappa shape index (κ3) is 5.03. The van der Waals surface area contributed by atoms with Crippen LogP contribution in [0.25, 0.3) is 11.5 Å². The number of hydrogen-bond acceptors (Lipinski definition) is 8. The third-order valence-electron chi connectivity index (χ3n) is 3.57. The second kappa shape index (κ2) is 7.92. The van der Waals surface area contributed by atoms with Crippen molar-refractivity contribution in [3.05, 3.63) is 53.9 Å². The summed E-state index contributed by atoms with van der Waals surface area (Å²) in [5, 5.41) is 9.57. The molecule has 1 atom stereocenters. The molecule has 0 spiro atoms. The number of nitrogens with zero attached hydrogens (tertiary/aromatic N) is 4. The lowest BCUT2D eigenvalue weighted by atomic mass is 10.1. The van der Waals surface area contributed by atoms with Crippen molar-refractivity contribution in [1.29, 1.82) is 0 Å². The van der Waals surface area contributed by atoms with Gasteiger partial charge in [0.05, 0.1) is 17.4 Å². The van der Waals surface area contributed by atoms with E-state index in [4.69, 9.17) is 4.42 Å². The molecule has 1 unspecified atom stereocenters. The van der Waals surface area contributed by atoms with Crippen LogP contribution in [0, 0.1) is 5.82 Å². The molecular weight excluding hydrogens is 399 g/mol. The SMILES string of the molecule is CS(=O)(=O)CC(Nc1ncc(-c2nnc(C(F)F)o2)cn1)c1ccc(F)cc1. The number of alkyl halides is 2. The molecule has 12 heteroatoms. The van der Waals surface area contributed by atoms with E-state index in [0.29, 0.717) is 5.56 Å². The number of rotatable bonds is 7. The van der Waals surface area contributed by atoms with E-state index in [1.54, 1.807) is 0 Å². The highest BCUT2D eigenvalue weighted by molar-refractivity contribution is 7.90. The number of anilines is 1. The van der Waals surface area contributed by atoms with E-state index in [1.807, 2.05) is 0 Å². The van der Waals surface area contributed by atoms with Gasteiger partial charge in [-0.1, -0.05) is 12.1 Å². The van der Waals surface area contributed by atoms with E-state index in [2.05, 4.69) is 25.5 Å². The Morgan fingerprint density at radius 1 is 1.11 bits per heavy atom. The number of halogens is 3. The summed E-state index contributed by atoms with van der Waals surface area (Å²) in [5.41, 5.74) is 0.740. The van der Waals surface area contributed by atoms with Gasteiger partial charge in [-0.3, -0.25) is 0 Å². The summed E-state index contributed by atoms with van der Waals surface area (Å²) < 4.78 is 66.4. The van der Waals surface area contributed by atoms with E-state index in [-0.39, 0.29) is 23.2 Å². The Hall–Kier alpha value is -3.02. The molecule has 0 saturated heterocycles. The van der Waals surface area contributed by atoms with Gasteiger partial charge in [0.1, 0.15) is 15.7 Å². The average molecular weight is 413 g/mol. The standard InChI is InChI=1S/C16H14F3N5O3S/c1-28(25,26)8-12(9-2-4-11(17)5-3-9)22-16-20-6-10(7-21-16)14-23-24-15(27-14)13(18)19/h2-7,12-13H,8H2,1H3,(H,20,21,22). The highest BCUT2D eigenvalue weighted by Gasteiger charge is 2.20. The number of nitrogens with one attached hydrogen (secondary N) is 1. The first kappa shape index (κ1) is 19.7. The van der Waals surface area contributed by atoms with Gasteiger partial charge in [0, 0.05) is 18.6 Å². The molecule has 1 aromatic carbocycles. The number of aromatic nitrogens is 4. The van der Waals surface area contributed by atoms with Gasteiger partial charge < -0.3 is 9.73 Å². The Morgan fingerprint density at radius 2 is 1.75 bits per heavy atom. The van der Waals surface area contributed by atoms with Gasteiger partial charge in [-0.25, -0.2) is 22.8 Å². The smallest absolute Gasteiger partial charge is 0.314 e. The van der Waals surface area contributed by atoms with Crippen molar-refractivity contribution in [3.8, 4) is 11.5 Å². The van der Waals surface area contributed by atoms with Crippen LogP contribution in [0.5, 0.6) is 0 Å². The summed E-state index contributed by atoms with van der Waals surface area (Å²) in [7, 11) is -3.37. The molecule has 8 nitrogen and oxygen atoms in total. The summed E-state index contributed by atoms with van der Waals surface area (Å²) in [4.78, 5) is 8.03. The highest BCUT2D eigenvalue weighted by atomic mass is 32.2. The van der Waals surface area contributed by atoms with Gasteiger partial charge in [-0.2, -0.15) is 8.78 Å². The minimum atomic E-state index is -3.37. The number of hydrogen-bond donors (Lipinski definition) is 1. The maximum atomic E-state index is 13.1. The number of sulfone groups is 1. The first-order chi connectivity index (χ1) is 13.2. The molecule has 0 aliphatic rings. The molecule has 28 heavy (non-hydrogen) atoms. The lowest BCUT2D eigenvalue weighted by Gasteiger charge is -2.18. The van der Waals surface area contributed by atoms with Crippen LogP contribution >= 0.6 is 0 Å². The van der Waals surface area contributed by atoms with Gasteiger partial charge in [-0.05, 0) is 17.7 Å². The Balaban J connectivity index is 1.81. The van der Waals surface area contributed by atoms with E-state index < -0.39 is 34.0 Å². The zero-order chi connectivity index (χ0) is 20.3. The van der Waals surface area contributed by atoms with Gasteiger partial charge in [0.15, 0.2) is 0 Å². The predicted octanol–water partition coefficient (Wildman–Crippen LogP) is 2.80. The zero-order valence-electron chi connectivity index (χ0n) is 14.4. The van der Waals surface area contributed by atoms with Crippen molar-refractivity contribution in [2.24, 2.45) is 0 Å². The molecular formula is C16H14F3N5O3S. The van der Waals surface area contributed by atoms with Crippen LogP contribution in [-0.2, 0) is 9.84 Å². The second-order valence-electron chi connectivity index (χ2n) is 5.88. The van der Waals surface area contributed by atoms with Crippen molar-refractivity contribution in [2.75, 3.05) is 17.3 Å². The average Bonchev–Trinajstić information content (AvgIpc) is 3.12. The molecule has 0 aliphatic heterocycles. The maximum Gasteiger partial charge on any atom is 0.314 e. The molecule has 0 fully saturated rings. The third-order valence-corrected chi connectivity index (χ3v) is 4.51. The lowest BCUT2D eigenvalue weighted by molar-refractivity contribution is 0.116. The maximum absolute atomic E-state index is 13.1. The van der Waals surface area contributed by atoms with Crippen molar-refractivity contribution in [3.63, 3.8) is 0 Å². The molecule has 3 aromatic rings. The Labute approximate surface area is 157 Å². The molecule has 2 aromatic heterocycles. The molecule has 0 radical (unpaired) electrons. The topological polar surface area (TPSA) is 111 Å². The minimum absolute atomic E-state index is 0.0790. The monoisotopic (exact) mass is 413 g/mol. The second-order valence-corrected chi connectivity index (χ2v) is 8.07. The predicted molar refractivity (Wildman–Crippen MR) is 92.8 cm³/mol. The summed E-state index contributed by atoms with van der Waals surface area (Å²) in [6.07, 6.45) is 0.710. The summed E-state index contributed by atoms with van der Waals surface area (Å²) in [6.45, 7) is 0. The van der Waals surface area contributed by atoms with Gasteiger partial charge in [0.2, 0.25) is 5.95 Å². The normalized spacial score (nSPS) is 12.9. The molecule has 0 aliphatic carbocycles. The zero-order valence-corrected chi connectivity index (χ0v) is 15.2. The molecule has 0 saturated carbocycles.